The minimum absolute atomic E-state index is 0.126. The molecule has 0 aliphatic carbocycles. The molecule has 0 atom stereocenters. The van der Waals surface area contributed by atoms with Crippen LogP contribution in [0.2, 0.25) is 0 Å². The molecule has 0 amide bonds. The maximum atomic E-state index is 11.6. The second-order valence-corrected chi connectivity index (χ2v) is 4.87. The molecule has 2 aromatic rings. The Morgan fingerprint density at radius 2 is 1.88 bits per heavy atom. The quantitative estimate of drug-likeness (QED) is 0.840. The second kappa shape index (κ2) is 4.93. The van der Waals surface area contributed by atoms with Gasteiger partial charge in [0, 0.05) is 6.07 Å². The summed E-state index contributed by atoms with van der Waals surface area (Å²) >= 11 is 6.52. The highest BCUT2D eigenvalue weighted by Crippen LogP contribution is 2.17. The zero-order chi connectivity index (χ0) is 11.5. The summed E-state index contributed by atoms with van der Waals surface area (Å²) in [5.41, 5.74) is 0.922. The van der Waals surface area contributed by atoms with E-state index in [1.807, 2.05) is 30.3 Å². The highest BCUT2D eigenvalue weighted by atomic mass is 79.9. The van der Waals surface area contributed by atoms with Gasteiger partial charge in [0.25, 0.3) is 5.56 Å². The van der Waals surface area contributed by atoms with Crippen LogP contribution in [0.3, 0.4) is 0 Å². The summed E-state index contributed by atoms with van der Waals surface area (Å²) in [7, 11) is 0. The van der Waals surface area contributed by atoms with Crippen molar-refractivity contribution in [3.8, 4) is 0 Å². The molecule has 0 unspecified atom stereocenters. The predicted molar refractivity (Wildman–Crippen MR) is 69.4 cm³/mol. The van der Waals surface area contributed by atoms with E-state index in [1.54, 1.807) is 0 Å². The van der Waals surface area contributed by atoms with Gasteiger partial charge in [0.05, 0.1) is 11.0 Å². The van der Waals surface area contributed by atoms with E-state index in [0.29, 0.717) is 15.6 Å². The lowest BCUT2D eigenvalue weighted by molar-refractivity contribution is 0.629. The van der Waals surface area contributed by atoms with Crippen molar-refractivity contribution in [1.29, 1.82) is 0 Å². The van der Waals surface area contributed by atoms with Crippen LogP contribution in [-0.2, 0) is 6.54 Å². The Morgan fingerprint density at radius 3 is 2.56 bits per heavy atom. The van der Waals surface area contributed by atoms with Gasteiger partial charge in [0.2, 0.25) is 0 Å². The maximum Gasteiger partial charge on any atom is 0.268 e. The Bertz CT molecular complexity index is 552. The first kappa shape index (κ1) is 11.5. The lowest BCUT2D eigenvalue weighted by Gasteiger charge is -2.05. The smallest absolute Gasteiger partial charge is 0.268 e. The zero-order valence-corrected chi connectivity index (χ0v) is 11.4. The first-order valence-electron chi connectivity index (χ1n) is 4.64. The molecule has 0 spiro atoms. The first-order chi connectivity index (χ1) is 7.66. The van der Waals surface area contributed by atoms with Crippen LogP contribution in [0.1, 0.15) is 5.56 Å². The van der Waals surface area contributed by atoms with Crippen molar-refractivity contribution in [3.05, 3.63) is 61.4 Å². The fraction of sp³-hybridized carbons (Fsp3) is 0.0909. The molecular formula is C11H8Br2N2O. The van der Waals surface area contributed by atoms with Crippen molar-refractivity contribution >= 4 is 31.9 Å². The largest absolute Gasteiger partial charge is 0.268 e. The molecule has 3 nitrogen and oxygen atoms in total. The average Bonchev–Trinajstić information content (AvgIpc) is 2.27. The van der Waals surface area contributed by atoms with E-state index in [9.17, 15) is 4.79 Å². The van der Waals surface area contributed by atoms with Crippen molar-refractivity contribution in [2.24, 2.45) is 0 Å². The summed E-state index contributed by atoms with van der Waals surface area (Å²) in [4.78, 5) is 11.6. The Balaban J connectivity index is 2.36. The molecule has 1 heterocycles. The van der Waals surface area contributed by atoms with Gasteiger partial charge in [-0.25, -0.2) is 4.68 Å². The number of halogens is 2. The van der Waals surface area contributed by atoms with E-state index in [4.69, 9.17) is 0 Å². The normalized spacial score (nSPS) is 10.4. The third kappa shape index (κ3) is 2.59. The lowest BCUT2D eigenvalue weighted by atomic mass is 10.2. The molecule has 0 bridgehead atoms. The molecule has 0 radical (unpaired) electrons. The standard InChI is InChI=1S/C11H8Br2N2O/c12-9-6-10(16)15(14-11(9)13)7-8-4-2-1-3-5-8/h1-6H,7H2. The molecule has 16 heavy (non-hydrogen) atoms. The number of benzene rings is 1. The first-order valence-corrected chi connectivity index (χ1v) is 6.22. The highest BCUT2D eigenvalue weighted by Gasteiger charge is 2.04. The van der Waals surface area contributed by atoms with E-state index in [0.717, 1.165) is 5.56 Å². The molecule has 1 aromatic carbocycles. The van der Waals surface area contributed by atoms with E-state index < -0.39 is 0 Å². The van der Waals surface area contributed by atoms with Crippen molar-refractivity contribution in [2.45, 2.75) is 6.54 Å². The number of hydrogen-bond donors (Lipinski definition) is 0. The molecule has 82 valence electrons. The van der Waals surface area contributed by atoms with E-state index in [1.165, 1.54) is 10.7 Å². The van der Waals surface area contributed by atoms with Gasteiger partial charge < -0.3 is 0 Å². The van der Waals surface area contributed by atoms with E-state index in [2.05, 4.69) is 37.0 Å². The van der Waals surface area contributed by atoms with Crippen LogP contribution in [0.25, 0.3) is 0 Å². The number of nitrogens with zero attached hydrogens (tertiary/aromatic N) is 2. The predicted octanol–water partition coefficient (Wildman–Crippen LogP) is 2.82. The van der Waals surface area contributed by atoms with Crippen molar-refractivity contribution in [2.75, 3.05) is 0 Å². The van der Waals surface area contributed by atoms with E-state index >= 15 is 0 Å². The van der Waals surface area contributed by atoms with E-state index in [-0.39, 0.29) is 5.56 Å². The van der Waals surface area contributed by atoms with Crippen molar-refractivity contribution in [1.82, 2.24) is 9.78 Å². The minimum atomic E-state index is -0.126. The molecule has 5 heteroatoms. The van der Waals surface area contributed by atoms with Gasteiger partial charge in [-0.15, -0.1) is 0 Å². The fourth-order valence-electron chi connectivity index (χ4n) is 1.32. The van der Waals surface area contributed by atoms with Crippen LogP contribution >= 0.6 is 31.9 Å². The van der Waals surface area contributed by atoms with Crippen LogP contribution in [0, 0.1) is 0 Å². The SMILES string of the molecule is O=c1cc(Br)c(Br)nn1Cc1ccccc1. The maximum absolute atomic E-state index is 11.6. The van der Waals surface area contributed by atoms with Crippen molar-refractivity contribution < 1.29 is 0 Å². The fourth-order valence-corrected chi connectivity index (χ4v) is 1.90. The van der Waals surface area contributed by atoms with Crippen LogP contribution in [0.4, 0.5) is 0 Å². The van der Waals surface area contributed by atoms with Gasteiger partial charge in [-0.3, -0.25) is 4.79 Å². The van der Waals surface area contributed by atoms with Crippen LogP contribution < -0.4 is 5.56 Å². The van der Waals surface area contributed by atoms with Gasteiger partial charge >= 0.3 is 0 Å². The molecule has 1 aromatic heterocycles. The molecule has 0 N–H and O–H groups in total. The number of rotatable bonds is 2. The topological polar surface area (TPSA) is 34.9 Å². The molecule has 2 rings (SSSR count). The monoisotopic (exact) mass is 342 g/mol. The summed E-state index contributed by atoms with van der Waals surface area (Å²) in [5.74, 6) is 0. The average molecular weight is 344 g/mol. The number of hydrogen-bond acceptors (Lipinski definition) is 2. The number of aromatic nitrogens is 2. The van der Waals surface area contributed by atoms with Gasteiger partial charge in [-0.2, -0.15) is 5.10 Å². The van der Waals surface area contributed by atoms with Gasteiger partial charge in [0.15, 0.2) is 0 Å². The third-order valence-electron chi connectivity index (χ3n) is 2.09. The van der Waals surface area contributed by atoms with Crippen molar-refractivity contribution in [3.63, 3.8) is 0 Å². The summed E-state index contributed by atoms with van der Waals surface area (Å²) in [5, 5.41) is 4.14. The summed E-state index contributed by atoms with van der Waals surface area (Å²) in [6.07, 6.45) is 0. The van der Waals surface area contributed by atoms with Gasteiger partial charge in [-0.05, 0) is 37.4 Å². The van der Waals surface area contributed by atoms with Crippen LogP contribution in [-0.4, -0.2) is 9.78 Å². The van der Waals surface area contributed by atoms with Crippen LogP contribution in [0.15, 0.2) is 50.3 Å². The van der Waals surface area contributed by atoms with Gasteiger partial charge in [0.1, 0.15) is 4.60 Å². The molecule has 0 saturated heterocycles. The lowest BCUT2D eigenvalue weighted by Crippen LogP contribution is -2.22. The highest BCUT2D eigenvalue weighted by molar-refractivity contribution is 9.13. The zero-order valence-electron chi connectivity index (χ0n) is 8.23. The van der Waals surface area contributed by atoms with Crippen LogP contribution in [0.5, 0.6) is 0 Å². The van der Waals surface area contributed by atoms with Gasteiger partial charge in [-0.1, -0.05) is 30.3 Å². The summed E-state index contributed by atoms with van der Waals surface area (Å²) in [6.45, 7) is 0.478. The Kier molecular flexibility index (Phi) is 3.56. The second-order valence-electron chi connectivity index (χ2n) is 3.26. The molecule has 0 aliphatic heterocycles. The molecule has 0 fully saturated rings. The molecular weight excluding hydrogens is 336 g/mol. The Hall–Kier alpha value is -0.940. The summed E-state index contributed by atoms with van der Waals surface area (Å²) < 4.78 is 2.72. The third-order valence-corrected chi connectivity index (χ3v) is 3.81. The summed E-state index contributed by atoms with van der Waals surface area (Å²) in [6, 6.07) is 11.2. The minimum Gasteiger partial charge on any atom is -0.268 e. The molecule has 0 saturated carbocycles. The molecule has 0 aliphatic rings. The Labute approximate surface area is 109 Å². The Morgan fingerprint density at radius 1 is 1.19 bits per heavy atom.